The molecule has 1 unspecified atom stereocenters. The smallest absolute Gasteiger partial charge is 0.152 e. The summed E-state index contributed by atoms with van der Waals surface area (Å²) in [5.41, 5.74) is 1.73. The molecular formula is C14H18ClNO. The minimum atomic E-state index is 0.481. The molecule has 1 atom stereocenters. The fourth-order valence-corrected chi connectivity index (χ4v) is 2.66. The Balaban J connectivity index is 2.36. The molecule has 1 aliphatic heterocycles. The van der Waals surface area contributed by atoms with Gasteiger partial charge in [0, 0.05) is 28.9 Å². The molecule has 1 aromatic rings. The van der Waals surface area contributed by atoms with E-state index in [9.17, 15) is 4.79 Å². The van der Waals surface area contributed by atoms with Gasteiger partial charge in [0.05, 0.1) is 0 Å². The van der Waals surface area contributed by atoms with Crippen molar-refractivity contribution in [3.8, 4) is 0 Å². The molecule has 0 radical (unpaired) electrons. The first-order valence-corrected chi connectivity index (χ1v) is 6.61. The molecule has 0 aromatic heterocycles. The van der Waals surface area contributed by atoms with Crippen LogP contribution in [0.3, 0.4) is 0 Å². The topological polar surface area (TPSA) is 20.3 Å². The van der Waals surface area contributed by atoms with Crippen molar-refractivity contribution in [3.63, 3.8) is 0 Å². The first-order valence-electron chi connectivity index (χ1n) is 6.24. The molecule has 0 amide bonds. The Kier molecular flexibility index (Phi) is 4.06. The highest BCUT2D eigenvalue weighted by Gasteiger charge is 2.19. The van der Waals surface area contributed by atoms with Crippen LogP contribution < -0.4 is 4.90 Å². The van der Waals surface area contributed by atoms with Crippen molar-refractivity contribution in [2.45, 2.75) is 38.6 Å². The van der Waals surface area contributed by atoms with E-state index in [1.165, 1.54) is 25.7 Å². The van der Waals surface area contributed by atoms with Crippen LogP contribution in [0.15, 0.2) is 18.2 Å². The molecule has 2 nitrogen and oxygen atoms in total. The number of carbonyl (C=O) groups excluding carboxylic acids is 1. The third-order valence-electron chi connectivity index (χ3n) is 3.48. The average molecular weight is 252 g/mol. The molecule has 0 saturated carbocycles. The zero-order chi connectivity index (χ0) is 12.3. The van der Waals surface area contributed by atoms with Crippen molar-refractivity contribution < 1.29 is 4.79 Å². The second kappa shape index (κ2) is 5.54. The first kappa shape index (κ1) is 12.4. The Morgan fingerprint density at radius 2 is 2.18 bits per heavy atom. The molecule has 92 valence electrons. The Morgan fingerprint density at radius 3 is 2.94 bits per heavy atom. The van der Waals surface area contributed by atoms with E-state index in [1.54, 1.807) is 6.07 Å². The normalized spacial score (nSPS) is 21.1. The van der Waals surface area contributed by atoms with E-state index in [4.69, 9.17) is 11.6 Å². The van der Waals surface area contributed by atoms with Crippen molar-refractivity contribution in [2.24, 2.45) is 0 Å². The van der Waals surface area contributed by atoms with E-state index in [1.807, 2.05) is 12.1 Å². The quantitative estimate of drug-likeness (QED) is 0.743. The summed E-state index contributed by atoms with van der Waals surface area (Å²) in [5.74, 6) is 0. The lowest BCUT2D eigenvalue weighted by molar-refractivity contribution is 0.112. The van der Waals surface area contributed by atoms with Crippen molar-refractivity contribution in [2.75, 3.05) is 11.4 Å². The lowest BCUT2D eigenvalue weighted by atomic mass is 10.1. The predicted molar refractivity (Wildman–Crippen MR) is 72.1 cm³/mol. The summed E-state index contributed by atoms with van der Waals surface area (Å²) < 4.78 is 0. The van der Waals surface area contributed by atoms with Crippen LogP contribution in [0.1, 0.15) is 43.0 Å². The van der Waals surface area contributed by atoms with Crippen molar-refractivity contribution in [1.29, 1.82) is 0 Å². The van der Waals surface area contributed by atoms with Crippen molar-refractivity contribution >= 4 is 23.6 Å². The molecule has 0 aliphatic carbocycles. The van der Waals surface area contributed by atoms with Crippen molar-refractivity contribution in [3.05, 3.63) is 28.8 Å². The summed E-state index contributed by atoms with van der Waals surface area (Å²) >= 11 is 6.04. The summed E-state index contributed by atoms with van der Waals surface area (Å²) in [7, 11) is 0. The molecular weight excluding hydrogens is 234 g/mol. The zero-order valence-electron chi connectivity index (χ0n) is 10.2. The van der Waals surface area contributed by atoms with E-state index >= 15 is 0 Å². The molecule has 1 aliphatic rings. The van der Waals surface area contributed by atoms with E-state index in [2.05, 4.69) is 11.8 Å². The van der Waals surface area contributed by atoms with Gasteiger partial charge in [0.15, 0.2) is 6.29 Å². The molecule has 2 rings (SSSR count). The summed E-state index contributed by atoms with van der Waals surface area (Å²) in [6.45, 7) is 3.24. The molecule has 3 heteroatoms. The molecule has 1 saturated heterocycles. The maximum absolute atomic E-state index is 11.1. The summed E-state index contributed by atoms with van der Waals surface area (Å²) in [6.07, 6.45) is 5.84. The summed E-state index contributed by atoms with van der Waals surface area (Å²) in [5, 5.41) is 0.696. The Hall–Kier alpha value is -1.02. The van der Waals surface area contributed by atoms with E-state index in [0.717, 1.165) is 24.1 Å². The monoisotopic (exact) mass is 251 g/mol. The number of halogens is 1. The van der Waals surface area contributed by atoms with Gasteiger partial charge < -0.3 is 4.90 Å². The van der Waals surface area contributed by atoms with Crippen LogP contribution in [0.5, 0.6) is 0 Å². The van der Waals surface area contributed by atoms with Gasteiger partial charge in [0.25, 0.3) is 0 Å². The Labute approximate surface area is 108 Å². The molecule has 0 spiro atoms. The molecule has 0 bridgehead atoms. The number of hydrogen-bond donors (Lipinski definition) is 0. The second-order valence-corrected chi connectivity index (χ2v) is 5.15. The minimum absolute atomic E-state index is 0.481. The third kappa shape index (κ3) is 2.81. The lowest BCUT2D eigenvalue weighted by Gasteiger charge is -2.30. The van der Waals surface area contributed by atoms with Crippen LogP contribution in [0.25, 0.3) is 0 Å². The molecule has 1 heterocycles. The van der Waals surface area contributed by atoms with Crippen LogP contribution in [-0.4, -0.2) is 18.9 Å². The van der Waals surface area contributed by atoms with Crippen LogP contribution in [0.4, 0.5) is 5.69 Å². The zero-order valence-corrected chi connectivity index (χ0v) is 10.9. The Bertz CT molecular complexity index is 405. The van der Waals surface area contributed by atoms with Crippen LogP contribution in [0.2, 0.25) is 5.02 Å². The maximum Gasteiger partial charge on any atom is 0.152 e. The van der Waals surface area contributed by atoms with Crippen LogP contribution in [0, 0.1) is 0 Å². The highest BCUT2D eigenvalue weighted by atomic mass is 35.5. The van der Waals surface area contributed by atoms with E-state index in [0.29, 0.717) is 11.1 Å². The number of aldehydes is 1. The first-order chi connectivity index (χ1) is 8.22. The van der Waals surface area contributed by atoms with Gasteiger partial charge in [-0.2, -0.15) is 0 Å². The van der Waals surface area contributed by atoms with Gasteiger partial charge in [-0.05, 0) is 38.0 Å². The minimum Gasteiger partial charge on any atom is -0.368 e. The average Bonchev–Trinajstić information content (AvgIpc) is 2.54. The predicted octanol–water partition coefficient (Wildman–Crippen LogP) is 3.92. The van der Waals surface area contributed by atoms with Gasteiger partial charge in [0.1, 0.15) is 0 Å². The number of carbonyl (C=O) groups is 1. The fraction of sp³-hybridized carbons (Fsp3) is 0.500. The van der Waals surface area contributed by atoms with Gasteiger partial charge in [-0.1, -0.05) is 24.4 Å². The number of nitrogens with zero attached hydrogens (tertiary/aromatic N) is 1. The number of anilines is 1. The van der Waals surface area contributed by atoms with Gasteiger partial charge in [-0.15, -0.1) is 0 Å². The van der Waals surface area contributed by atoms with Crippen LogP contribution >= 0.6 is 11.6 Å². The highest BCUT2D eigenvalue weighted by molar-refractivity contribution is 6.31. The summed E-state index contributed by atoms with van der Waals surface area (Å²) in [4.78, 5) is 13.4. The van der Waals surface area contributed by atoms with Crippen molar-refractivity contribution in [1.82, 2.24) is 0 Å². The van der Waals surface area contributed by atoms with Gasteiger partial charge in [-0.3, -0.25) is 4.79 Å². The third-order valence-corrected chi connectivity index (χ3v) is 3.72. The lowest BCUT2D eigenvalue weighted by Crippen LogP contribution is -2.33. The fourth-order valence-electron chi connectivity index (χ4n) is 2.50. The standard InChI is InChI=1S/C14H18ClNO/c1-11-5-3-2-4-8-16(11)14-9-13(15)7-6-12(14)10-17/h6-7,9-11H,2-5,8H2,1H3. The summed E-state index contributed by atoms with van der Waals surface area (Å²) in [6, 6.07) is 5.97. The second-order valence-electron chi connectivity index (χ2n) is 4.71. The molecule has 1 aromatic carbocycles. The van der Waals surface area contributed by atoms with Gasteiger partial charge >= 0.3 is 0 Å². The van der Waals surface area contributed by atoms with E-state index < -0.39 is 0 Å². The molecule has 17 heavy (non-hydrogen) atoms. The van der Waals surface area contributed by atoms with E-state index in [-0.39, 0.29) is 0 Å². The largest absolute Gasteiger partial charge is 0.368 e. The molecule has 0 N–H and O–H groups in total. The number of rotatable bonds is 2. The molecule has 1 fully saturated rings. The highest BCUT2D eigenvalue weighted by Crippen LogP contribution is 2.29. The number of benzene rings is 1. The van der Waals surface area contributed by atoms with Crippen LogP contribution in [-0.2, 0) is 0 Å². The van der Waals surface area contributed by atoms with Gasteiger partial charge in [0.2, 0.25) is 0 Å². The maximum atomic E-state index is 11.1. The number of hydrogen-bond acceptors (Lipinski definition) is 2. The SMILES string of the molecule is CC1CCCCCN1c1cc(Cl)ccc1C=O. The Morgan fingerprint density at radius 1 is 1.35 bits per heavy atom. The van der Waals surface area contributed by atoms with Gasteiger partial charge in [-0.25, -0.2) is 0 Å².